The average Bonchev–Trinajstić information content (AvgIpc) is 4.12. The van der Waals surface area contributed by atoms with Gasteiger partial charge in [-0.05, 0) is 254 Å². The third-order valence-corrected chi connectivity index (χ3v) is 28.8. The van der Waals surface area contributed by atoms with Crippen molar-refractivity contribution in [3.8, 4) is 0 Å². The molecule has 22 rings (SSSR count). The molecule has 2 heterocycles. The Morgan fingerprint density at radius 1 is 0.540 bits per heavy atom. The summed E-state index contributed by atoms with van der Waals surface area (Å²) in [6.07, 6.45) is 16.3. The van der Waals surface area contributed by atoms with Gasteiger partial charge in [-0.1, -0.05) is 64.3 Å². The van der Waals surface area contributed by atoms with E-state index in [-0.39, 0.29) is 0 Å². The van der Waals surface area contributed by atoms with Crippen LogP contribution in [-0.4, -0.2) is 37.0 Å². The summed E-state index contributed by atoms with van der Waals surface area (Å²) in [5.74, 6) is 24.6. The molecule has 14 fully saturated rings. The second-order valence-electron chi connectivity index (χ2n) is 28.6. The third-order valence-electron chi connectivity index (χ3n) is 28.8. The van der Waals surface area contributed by atoms with E-state index in [4.69, 9.17) is 0 Å². The number of hydrogen-bond acceptors (Lipinski definition) is 2. The Bertz CT molecular complexity index is 2860. The molecule has 18 aliphatic carbocycles. The van der Waals surface area contributed by atoms with Crippen molar-refractivity contribution >= 4 is 0 Å². The number of nitrogens with zero attached hydrogens (tertiary/aromatic N) is 2. The Balaban J connectivity index is 0.840. The number of benzene rings is 2. The summed E-state index contributed by atoms with van der Waals surface area (Å²) in [6.45, 7) is 2.77. The Labute approximate surface area is 374 Å². The second-order valence-corrected chi connectivity index (χ2v) is 28.6. The summed E-state index contributed by atoms with van der Waals surface area (Å²) in [5.41, 5.74) is 24.3. The number of rotatable bonds is 2. The first-order chi connectivity index (χ1) is 31.0. The summed E-state index contributed by atoms with van der Waals surface area (Å²) >= 11 is 0. The van der Waals surface area contributed by atoms with E-state index in [2.05, 4.69) is 93.7 Å². The fourth-order valence-corrected chi connectivity index (χ4v) is 29.5. The van der Waals surface area contributed by atoms with Crippen molar-refractivity contribution in [3.05, 3.63) is 103 Å². The van der Waals surface area contributed by atoms with Gasteiger partial charge in [-0.3, -0.25) is 9.80 Å². The quantitative estimate of drug-likeness (QED) is 0.279. The molecule has 28 unspecified atom stereocenters. The fourth-order valence-electron chi connectivity index (χ4n) is 29.5. The van der Waals surface area contributed by atoms with E-state index in [0.29, 0.717) is 22.9 Å². The van der Waals surface area contributed by atoms with Gasteiger partial charge in [0, 0.05) is 41.8 Å². The molecule has 0 bridgehead atoms. The zero-order valence-corrected chi connectivity index (χ0v) is 37.6. The molecule has 0 amide bonds. The smallest absolute Gasteiger partial charge is 0.0567 e. The summed E-state index contributed by atoms with van der Waals surface area (Å²) in [5, 5.41) is 0. The second kappa shape index (κ2) is 9.26. The first-order valence-corrected chi connectivity index (χ1v) is 27.8. The van der Waals surface area contributed by atoms with Crippen molar-refractivity contribution in [1.29, 1.82) is 0 Å². The van der Waals surface area contributed by atoms with Crippen molar-refractivity contribution in [2.45, 2.75) is 82.7 Å². The third kappa shape index (κ3) is 2.78. The van der Waals surface area contributed by atoms with Crippen LogP contribution in [0.2, 0.25) is 0 Å². The number of aryl methyl sites for hydroxylation is 4. The summed E-state index contributed by atoms with van der Waals surface area (Å²) in [6, 6.07) is 17.4. The summed E-state index contributed by atoms with van der Waals surface area (Å²) in [4.78, 5) is 6.07. The molecule has 2 aromatic carbocycles. The minimum Gasteiger partial charge on any atom is -0.298 e. The Morgan fingerprint density at radius 3 is 2.06 bits per heavy atom. The molecule has 0 aromatic heterocycles. The first kappa shape index (κ1) is 32.3. The van der Waals surface area contributed by atoms with Gasteiger partial charge in [-0.25, -0.2) is 0 Å². The molecule has 318 valence electrons. The number of hydrogen-bond donors (Lipinski definition) is 0. The maximum absolute atomic E-state index is 3.04. The van der Waals surface area contributed by atoms with Gasteiger partial charge in [0.15, 0.2) is 0 Å². The Hall–Kier alpha value is -2.42. The molecule has 2 heteroatoms. The van der Waals surface area contributed by atoms with E-state index in [1.807, 2.05) is 0 Å². The maximum Gasteiger partial charge on any atom is 0.0567 e. The normalized spacial score (nSPS) is 63.3. The largest absolute Gasteiger partial charge is 0.298 e. The van der Waals surface area contributed by atoms with E-state index < -0.39 is 0 Å². The van der Waals surface area contributed by atoms with Crippen molar-refractivity contribution in [2.75, 3.05) is 27.2 Å². The molecule has 0 radical (unpaired) electrons. The standard InChI is InChI=1S/C61H64N2/c1-62-20-35-33-16-29-13-30-17-34-42-46-37(30)36(29)45-41(33)54-52-48-44-38-28(15-32-19-61(35,57(54)40(32)44)59(62)27-10-6-23-4-8-25(23)12-27)14-31-18-60(56-39(31)43(38)47(48)51(53(42)56)50(46)49(45)52)21-63(2)58(55(34)60)26-9-5-22-3-7-24(22)11-26/h5-6,9-12,28,30-32,35,37-40,42-54,56-59H,3-4,7-8,13-21H2,1-2H3. The molecular formula is C61H64N2. The molecule has 2 spiro atoms. The van der Waals surface area contributed by atoms with E-state index in [1.54, 1.807) is 59.1 Å². The number of likely N-dealkylation sites (N-methyl/N-ethyl adjacent to an activating group) is 1. The van der Waals surface area contributed by atoms with Gasteiger partial charge in [0.05, 0.1) is 6.04 Å². The molecule has 20 aliphatic rings. The lowest BCUT2D eigenvalue weighted by molar-refractivity contribution is -0.150. The van der Waals surface area contributed by atoms with E-state index in [0.717, 1.165) is 142 Å². The number of allylic oxidation sites excluding steroid dienone is 4. The van der Waals surface area contributed by atoms with Crippen LogP contribution in [0.25, 0.3) is 0 Å². The van der Waals surface area contributed by atoms with E-state index in [1.165, 1.54) is 58.0 Å². The van der Waals surface area contributed by atoms with Crippen LogP contribution < -0.4 is 0 Å². The molecular weight excluding hydrogens is 761 g/mol. The molecule has 63 heavy (non-hydrogen) atoms. The summed E-state index contributed by atoms with van der Waals surface area (Å²) < 4.78 is 0. The predicted octanol–water partition coefficient (Wildman–Crippen LogP) is 10.2. The van der Waals surface area contributed by atoms with Crippen LogP contribution in [-0.2, 0) is 25.7 Å². The van der Waals surface area contributed by atoms with Gasteiger partial charge in [0.1, 0.15) is 0 Å². The van der Waals surface area contributed by atoms with Crippen molar-refractivity contribution in [2.24, 2.45) is 153 Å². The lowest BCUT2D eigenvalue weighted by Crippen LogP contribution is -2.60. The topological polar surface area (TPSA) is 6.48 Å². The number of fused-ring (bicyclic) bond motifs is 3. The van der Waals surface area contributed by atoms with Crippen LogP contribution in [0.1, 0.15) is 90.4 Å². The minimum absolute atomic E-state index is 0.474. The molecule has 2 aliphatic heterocycles. The highest BCUT2D eigenvalue weighted by molar-refractivity contribution is 5.60. The Kier molecular flexibility index (Phi) is 4.75. The lowest BCUT2D eigenvalue weighted by atomic mass is 9.41. The fraction of sp³-hybridized carbons (Fsp3) is 0.705. The van der Waals surface area contributed by atoms with Crippen LogP contribution in [0.15, 0.2) is 69.8 Å². The van der Waals surface area contributed by atoms with Gasteiger partial charge in [-0.15, -0.1) is 0 Å². The highest BCUT2D eigenvalue weighted by atomic mass is 15.2. The molecule has 28 atom stereocenters. The molecule has 2 saturated heterocycles. The number of likely N-dealkylation sites (tertiary alicyclic amines) is 2. The van der Waals surface area contributed by atoms with Gasteiger partial charge < -0.3 is 0 Å². The van der Waals surface area contributed by atoms with Gasteiger partial charge in [0.25, 0.3) is 0 Å². The van der Waals surface area contributed by atoms with Crippen LogP contribution in [0.3, 0.4) is 0 Å². The average molecular weight is 825 g/mol. The van der Waals surface area contributed by atoms with Crippen LogP contribution in [0, 0.1) is 153 Å². The van der Waals surface area contributed by atoms with Crippen molar-refractivity contribution in [1.82, 2.24) is 9.80 Å². The monoisotopic (exact) mass is 825 g/mol. The predicted molar refractivity (Wildman–Crippen MR) is 240 cm³/mol. The van der Waals surface area contributed by atoms with Crippen LogP contribution in [0.4, 0.5) is 0 Å². The summed E-state index contributed by atoms with van der Waals surface area (Å²) in [7, 11) is 5.29. The van der Waals surface area contributed by atoms with Gasteiger partial charge >= 0.3 is 0 Å². The van der Waals surface area contributed by atoms with Crippen LogP contribution >= 0.6 is 0 Å². The molecule has 0 N–H and O–H groups in total. The van der Waals surface area contributed by atoms with Gasteiger partial charge in [-0.2, -0.15) is 0 Å². The molecule has 2 nitrogen and oxygen atoms in total. The zero-order chi connectivity index (χ0) is 39.5. The highest BCUT2D eigenvalue weighted by Crippen LogP contribution is 2.94. The Morgan fingerprint density at radius 2 is 1.25 bits per heavy atom. The van der Waals surface area contributed by atoms with E-state index >= 15 is 0 Å². The maximum atomic E-state index is 3.04. The SMILES string of the molecule is CN1CC23CC4CC5CC6CC78C(CN(C)C7c7ccc9c(c7)CC9)C7=C9C%10C%11=C(C7)CC7CC(=C2C1c1ccc2c(c1)CC2)C1C(C%117)C2C%10C7C9C8C6C6C5C5C(C76)C2C1C3C45. The van der Waals surface area contributed by atoms with Crippen molar-refractivity contribution < 1.29 is 0 Å². The van der Waals surface area contributed by atoms with E-state index in [9.17, 15) is 0 Å². The van der Waals surface area contributed by atoms with Crippen molar-refractivity contribution in [3.63, 3.8) is 0 Å². The lowest BCUT2D eigenvalue weighted by Gasteiger charge is -2.63. The van der Waals surface area contributed by atoms with Crippen LogP contribution in [0.5, 0.6) is 0 Å². The molecule has 2 aromatic rings. The highest BCUT2D eigenvalue weighted by Gasteiger charge is 2.89. The minimum atomic E-state index is 0.474. The molecule has 12 saturated carbocycles. The van der Waals surface area contributed by atoms with Gasteiger partial charge in [0.2, 0.25) is 0 Å². The zero-order valence-electron chi connectivity index (χ0n) is 37.6. The first-order valence-electron chi connectivity index (χ1n) is 27.8.